The van der Waals surface area contributed by atoms with E-state index in [0.29, 0.717) is 10.0 Å². The number of nitrogens with zero attached hydrogens (tertiary/aromatic N) is 2. The van der Waals surface area contributed by atoms with Crippen molar-refractivity contribution in [2.75, 3.05) is 13.1 Å². The molecule has 0 fully saturated rings. The maximum absolute atomic E-state index is 9.19. The number of hydrogen-bond acceptors (Lipinski definition) is 6. The molecule has 0 saturated heterocycles. The molecule has 0 aliphatic carbocycles. The van der Waals surface area contributed by atoms with Crippen molar-refractivity contribution in [1.82, 2.24) is 10.6 Å². The van der Waals surface area contributed by atoms with E-state index >= 15 is 0 Å². The molecule has 2 heterocycles. The average Bonchev–Trinajstić information content (AvgIpc) is 3.61. The molecule has 2 aromatic heterocycles. The summed E-state index contributed by atoms with van der Waals surface area (Å²) in [7, 11) is 0. The van der Waals surface area contributed by atoms with Gasteiger partial charge in [0.15, 0.2) is 0 Å². The Morgan fingerprint density at radius 2 is 1.05 bits per heavy atom. The molecule has 0 amide bonds. The van der Waals surface area contributed by atoms with Gasteiger partial charge in [-0.2, -0.15) is 10.5 Å². The SMILES string of the molecule is Br.N#CC(NCCc1cccs1)c1ccccc1Cl.N#CC(NCCc1cccs1)c1ccccc1Cl. The summed E-state index contributed by atoms with van der Waals surface area (Å²) in [5.41, 5.74) is 1.68. The molecule has 37 heavy (non-hydrogen) atoms. The smallest absolute Gasteiger partial charge is 0.122 e. The fraction of sp³-hybridized carbons (Fsp3) is 0.214. The topological polar surface area (TPSA) is 71.6 Å². The van der Waals surface area contributed by atoms with Crippen LogP contribution in [0.15, 0.2) is 83.6 Å². The first-order chi connectivity index (χ1) is 17.6. The van der Waals surface area contributed by atoms with E-state index < -0.39 is 0 Å². The fourth-order valence-corrected chi connectivity index (χ4v) is 5.37. The van der Waals surface area contributed by atoms with Crippen LogP contribution in [0.5, 0.6) is 0 Å². The molecule has 4 aromatic rings. The van der Waals surface area contributed by atoms with E-state index in [0.717, 1.165) is 37.1 Å². The Bertz CT molecular complexity index is 1170. The highest BCUT2D eigenvalue weighted by molar-refractivity contribution is 8.93. The van der Waals surface area contributed by atoms with Gasteiger partial charge in [0.1, 0.15) is 12.1 Å². The van der Waals surface area contributed by atoms with Crippen LogP contribution in [0.4, 0.5) is 0 Å². The minimum Gasteiger partial charge on any atom is -0.298 e. The van der Waals surface area contributed by atoms with E-state index in [-0.39, 0.29) is 29.1 Å². The molecule has 0 radical (unpaired) electrons. The van der Waals surface area contributed by atoms with Crippen LogP contribution in [-0.2, 0) is 12.8 Å². The molecule has 192 valence electrons. The van der Waals surface area contributed by atoms with E-state index in [1.165, 1.54) is 9.75 Å². The Morgan fingerprint density at radius 1 is 0.649 bits per heavy atom. The zero-order valence-corrected chi connectivity index (χ0v) is 24.8. The number of hydrogen-bond donors (Lipinski definition) is 2. The van der Waals surface area contributed by atoms with Crippen molar-refractivity contribution >= 4 is 62.9 Å². The van der Waals surface area contributed by atoms with Crippen LogP contribution in [0.2, 0.25) is 10.0 Å². The van der Waals surface area contributed by atoms with Gasteiger partial charge in [0, 0.05) is 44.0 Å². The zero-order chi connectivity index (χ0) is 25.6. The third-order valence-corrected chi connectivity index (χ3v) is 7.85. The van der Waals surface area contributed by atoms with Gasteiger partial charge < -0.3 is 0 Å². The first-order valence-corrected chi connectivity index (χ1v) is 13.9. The lowest BCUT2D eigenvalue weighted by molar-refractivity contribution is 0.632. The standard InChI is InChI=1S/2C14H13ClN2S.BrH/c2*15-13-6-2-1-5-12(13)14(10-16)17-8-7-11-4-3-9-18-11;/h2*1-6,9,14,17H,7-8H2;1H. The second-order valence-corrected chi connectivity index (χ2v) is 10.6. The third-order valence-electron chi connectivity index (χ3n) is 5.29. The number of benzene rings is 2. The molecule has 4 rings (SSSR count). The lowest BCUT2D eigenvalue weighted by Gasteiger charge is -2.12. The van der Waals surface area contributed by atoms with Gasteiger partial charge >= 0.3 is 0 Å². The maximum atomic E-state index is 9.19. The van der Waals surface area contributed by atoms with Crippen LogP contribution in [0.1, 0.15) is 33.0 Å². The Hall–Kier alpha value is -2.20. The van der Waals surface area contributed by atoms with Crippen molar-refractivity contribution in [3.8, 4) is 12.1 Å². The fourth-order valence-electron chi connectivity index (χ4n) is 3.46. The third kappa shape index (κ3) is 10.2. The lowest BCUT2D eigenvalue weighted by Crippen LogP contribution is -2.22. The number of nitrogens with one attached hydrogen (secondary N) is 2. The number of rotatable bonds is 10. The van der Waals surface area contributed by atoms with Gasteiger partial charge in [0.05, 0.1) is 12.1 Å². The average molecular weight is 634 g/mol. The highest BCUT2D eigenvalue weighted by Gasteiger charge is 2.13. The molecule has 0 spiro atoms. The summed E-state index contributed by atoms with van der Waals surface area (Å²) in [5.74, 6) is 0. The molecule has 0 saturated carbocycles. The van der Waals surface area contributed by atoms with Crippen molar-refractivity contribution in [2.24, 2.45) is 0 Å². The van der Waals surface area contributed by atoms with Crippen molar-refractivity contribution < 1.29 is 0 Å². The van der Waals surface area contributed by atoms with Gasteiger partial charge in [0.2, 0.25) is 0 Å². The predicted octanol–water partition coefficient (Wildman–Crippen LogP) is 8.17. The van der Waals surface area contributed by atoms with Crippen molar-refractivity contribution in [3.63, 3.8) is 0 Å². The maximum Gasteiger partial charge on any atom is 0.122 e. The quantitative estimate of drug-likeness (QED) is 0.185. The van der Waals surface area contributed by atoms with Crippen LogP contribution < -0.4 is 10.6 Å². The van der Waals surface area contributed by atoms with Crippen molar-refractivity contribution in [2.45, 2.75) is 24.9 Å². The first-order valence-electron chi connectivity index (χ1n) is 11.4. The number of thiophene rings is 2. The highest BCUT2D eigenvalue weighted by atomic mass is 79.9. The molecule has 0 aliphatic rings. The Morgan fingerprint density at radius 3 is 1.38 bits per heavy atom. The molecule has 0 aliphatic heterocycles. The molecule has 2 aromatic carbocycles. The van der Waals surface area contributed by atoms with Gasteiger partial charge in [-0.3, -0.25) is 10.6 Å². The molecular formula is C28H27BrCl2N4S2. The molecule has 4 nitrogen and oxygen atoms in total. The summed E-state index contributed by atoms with van der Waals surface area (Å²) in [6, 6.07) is 27.0. The van der Waals surface area contributed by atoms with Crippen LogP contribution in [-0.4, -0.2) is 13.1 Å². The molecule has 2 atom stereocenters. The van der Waals surface area contributed by atoms with Crippen LogP contribution in [0.3, 0.4) is 0 Å². The summed E-state index contributed by atoms with van der Waals surface area (Å²) in [6.07, 6.45) is 1.86. The zero-order valence-electron chi connectivity index (χ0n) is 19.9. The summed E-state index contributed by atoms with van der Waals surface area (Å²) < 4.78 is 0. The predicted molar refractivity (Wildman–Crippen MR) is 162 cm³/mol. The van der Waals surface area contributed by atoms with E-state index in [9.17, 15) is 10.5 Å². The molecular weight excluding hydrogens is 607 g/mol. The van der Waals surface area contributed by atoms with E-state index in [2.05, 4.69) is 45.7 Å². The summed E-state index contributed by atoms with van der Waals surface area (Å²) in [6.45, 7) is 1.54. The lowest BCUT2D eigenvalue weighted by atomic mass is 10.1. The molecule has 9 heteroatoms. The second-order valence-electron chi connectivity index (χ2n) is 7.73. The van der Waals surface area contributed by atoms with Gasteiger partial charge in [-0.15, -0.1) is 39.7 Å². The first kappa shape index (κ1) is 31.0. The minimum atomic E-state index is -0.348. The van der Waals surface area contributed by atoms with Gasteiger partial charge in [-0.25, -0.2) is 0 Å². The van der Waals surface area contributed by atoms with Crippen LogP contribution >= 0.6 is 62.9 Å². The minimum absolute atomic E-state index is 0. The summed E-state index contributed by atoms with van der Waals surface area (Å²) >= 11 is 15.6. The largest absolute Gasteiger partial charge is 0.298 e. The Balaban J connectivity index is 0.000000253. The van der Waals surface area contributed by atoms with E-state index in [1.807, 2.05) is 60.7 Å². The van der Waals surface area contributed by atoms with Gasteiger partial charge in [0.25, 0.3) is 0 Å². The van der Waals surface area contributed by atoms with E-state index in [4.69, 9.17) is 23.2 Å². The van der Waals surface area contributed by atoms with Gasteiger partial charge in [-0.05, 0) is 47.9 Å². The number of halogens is 3. The van der Waals surface area contributed by atoms with Crippen molar-refractivity contribution in [1.29, 1.82) is 10.5 Å². The molecule has 2 unspecified atom stereocenters. The summed E-state index contributed by atoms with van der Waals surface area (Å²) in [4.78, 5) is 2.64. The Labute approximate surface area is 247 Å². The monoisotopic (exact) mass is 632 g/mol. The molecule has 0 bridgehead atoms. The van der Waals surface area contributed by atoms with Crippen LogP contribution in [0.25, 0.3) is 0 Å². The second kappa shape index (κ2) is 17.3. The number of nitriles is 2. The van der Waals surface area contributed by atoms with Crippen molar-refractivity contribution in [3.05, 3.63) is 114 Å². The molecule has 2 N–H and O–H groups in total. The van der Waals surface area contributed by atoms with E-state index in [1.54, 1.807) is 22.7 Å². The highest BCUT2D eigenvalue weighted by Crippen LogP contribution is 2.23. The van der Waals surface area contributed by atoms with Gasteiger partial charge in [-0.1, -0.05) is 71.7 Å². The van der Waals surface area contributed by atoms with Crippen LogP contribution in [0, 0.1) is 22.7 Å². The Kier molecular flexibility index (Phi) is 14.5. The summed E-state index contributed by atoms with van der Waals surface area (Å²) in [5, 5.41) is 30.2. The normalized spacial score (nSPS) is 11.7.